The maximum atomic E-state index is 9.27. The van der Waals surface area contributed by atoms with Gasteiger partial charge in [-0.05, 0) is 6.08 Å². The summed E-state index contributed by atoms with van der Waals surface area (Å²) in [5.41, 5.74) is 1.24. The number of hydrogen-bond donors (Lipinski definition) is 0. The van der Waals surface area contributed by atoms with Gasteiger partial charge >= 0.3 is 0 Å². The molecular formula is C4H3ClO. The van der Waals surface area contributed by atoms with Crippen LogP contribution in [0.15, 0.2) is 17.7 Å². The fourth-order valence-corrected chi connectivity index (χ4v) is 0.148. The zero-order valence-corrected chi connectivity index (χ0v) is 3.77. The van der Waals surface area contributed by atoms with Crippen LogP contribution < -0.4 is 0 Å². The highest BCUT2D eigenvalue weighted by Gasteiger charge is 1.51. The van der Waals surface area contributed by atoms with E-state index in [1.807, 2.05) is 0 Å². The zero-order valence-electron chi connectivity index (χ0n) is 3.02. The van der Waals surface area contributed by atoms with Crippen molar-refractivity contribution in [2.75, 3.05) is 0 Å². The van der Waals surface area contributed by atoms with Crippen molar-refractivity contribution in [2.45, 2.75) is 0 Å². The molecule has 0 saturated heterocycles. The van der Waals surface area contributed by atoms with Crippen LogP contribution in [0.1, 0.15) is 0 Å². The van der Waals surface area contributed by atoms with Gasteiger partial charge in [-0.25, -0.2) is 4.79 Å². The molecule has 2 heteroatoms. The molecule has 0 rings (SSSR count). The molecule has 1 nitrogen and oxygen atoms in total. The van der Waals surface area contributed by atoms with Crippen LogP contribution in [0.2, 0.25) is 0 Å². The topological polar surface area (TPSA) is 17.1 Å². The molecule has 0 radical (unpaired) electrons. The number of halogens is 1. The fraction of sp³-hybridized carbons (Fsp3) is 0. The molecule has 6 heavy (non-hydrogen) atoms. The van der Waals surface area contributed by atoms with Crippen molar-refractivity contribution in [3.63, 3.8) is 0 Å². The maximum absolute atomic E-state index is 9.27. The van der Waals surface area contributed by atoms with Crippen molar-refractivity contribution in [1.29, 1.82) is 0 Å². The molecule has 0 aromatic rings. The van der Waals surface area contributed by atoms with Gasteiger partial charge in [-0.3, -0.25) is 0 Å². The Morgan fingerprint density at radius 3 is 2.50 bits per heavy atom. The molecule has 0 aliphatic heterocycles. The van der Waals surface area contributed by atoms with Crippen LogP contribution in [0, 0.1) is 0 Å². The minimum Gasteiger partial charge on any atom is -0.234 e. The number of allylic oxidation sites excluding steroid dienone is 2. The van der Waals surface area contributed by atoms with E-state index in [1.54, 1.807) is 0 Å². The predicted molar refractivity (Wildman–Crippen MR) is 25.3 cm³/mol. The first-order valence-corrected chi connectivity index (χ1v) is 1.81. The van der Waals surface area contributed by atoms with Gasteiger partial charge in [0.15, 0.2) is 0 Å². The highest BCUT2D eigenvalue weighted by molar-refractivity contribution is 6.25. The van der Waals surface area contributed by atoms with Crippen molar-refractivity contribution in [3.8, 4) is 0 Å². The van der Waals surface area contributed by atoms with Crippen molar-refractivity contribution in [2.24, 2.45) is 0 Å². The highest BCUT2D eigenvalue weighted by Crippen LogP contribution is 1.74. The number of rotatable bonds is 1. The number of hydrogen-bond acceptors (Lipinski definition) is 1. The summed E-state index contributed by atoms with van der Waals surface area (Å²) in [6.45, 7) is 0. The predicted octanol–water partition coefficient (Wildman–Crippen LogP) is 1.13. The van der Waals surface area contributed by atoms with E-state index in [2.05, 4.69) is 0 Å². The zero-order chi connectivity index (χ0) is 4.83. The molecule has 0 heterocycles. The minimum atomic E-state index is 1.19. The van der Waals surface area contributed by atoms with E-state index in [0.29, 0.717) is 0 Å². The van der Waals surface area contributed by atoms with Crippen LogP contribution in [-0.2, 0) is 4.79 Å². The summed E-state index contributed by atoms with van der Waals surface area (Å²) in [6.07, 6.45) is 2.58. The molecule has 0 aliphatic rings. The van der Waals surface area contributed by atoms with E-state index in [0.717, 1.165) is 0 Å². The first-order valence-electron chi connectivity index (χ1n) is 1.38. The minimum absolute atomic E-state index is 1.19. The quantitative estimate of drug-likeness (QED) is 0.358. The standard InChI is InChI=1S/C4H3ClO/c5-3-1-2-4-6/h1-3H. The summed E-state index contributed by atoms with van der Waals surface area (Å²) in [5.74, 6) is 1.52. The lowest BCUT2D eigenvalue weighted by Gasteiger charge is -1.52. The Bertz CT molecular complexity index is 89.7. The van der Waals surface area contributed by atoms with Crippen LogP contribution >= 0.6 is 11.6 Å². The first kappa shape index (κ1) is 5.48. The molecule has 0 aromatic carbocycles. The molecule has 0 aliphatic carbocycles. The van der Waals surface area contributed by atoms with Gasteiger partial charge < -0.3 is 0 Å². The smallest absolute Gasteiger partial charge is 0.124 e. The van der Waals surface area contributed by atoms with Gasteiger partial charge in [0, 0.05) is 11.6 Å². The maximum Gasteiger partial charge on any atom is 0.124 e. The monoisotopic (exact) mass is 102 g/mol. The summed E-state index contributed by atoms with van der Waals surface area (Å²) in [7, 11) is 0. The molecule has 0 unspecified atom stereocenters. The summed E-state index contributed by atoms with van der Waals surface area (Å²) >= 11 is 4.99. The van der Waals surface area contributed by atoms with Gasteiger partial charge in [0.2, 0.25) is 0 Å². The Morgan fingerprint density at radius 2 is 2.33 bits per heavy atom. The third-order valence-corrected chi connectivity index (χ3v) is 0.382. The van der Waals surface area contributed by atoms with Gasteiger partial charge in [0.25, 0.3) is 0 Å². The van der Waals surface area contributed by atoms with E-state index in [1.165, 1.54) is 23.6 Å². The lowest BCUT2D eigenvalue weighted by molar-refractivity contribution is 0.569. The molecule has 0 amide bonds. The SMILES string of the molecule is O=C=CC=CCl. The van der Waals surface area contributed by atoms with Crippen LogP contribution in [0.3, 0.4) is 0 Å². The molecule has 0 fully saturated rings. The lowest BCUT2D eigenvalue weighted by atomic mass is 10.6. The fourth-order valence-electron chi connectivity index (χ4n) is 0.0757. The summed E-state index contributed by atoms with van der Waals surface area (Å²) in [5, 5.41) is 0. The second-order valence-corrected chi connectivity index (χ2v) is 0.855. The van der Waals surface area contributed by atoms with Gasteiger partial charge in [-0.2, -0.15) is 0 Å². The molecule has 0 aromatic heterocycles. The Balaban J connectivity index is 3.33. The third kappa shape index (κ3) is 3.48. The van der Waals surface area contributed by atoms with Crippen molar-refractivity contribution in [1.82, 2.24) is 0 Å². The van der Waals surface area contributed by atoms with E-state index in [4.69, 9.17) is 11.6 Å². The molecule has 0 spiro atoms. The van der Waals surface area contributed by atoms with Gasteiger partial charge in [-0.15, -0.1) is 0 Å². The summed E-state index contributed by atoms with van der Waals surface area (Å²) < 4.78 is 0. The summed E-state index contributed by atoms with van der Waals surface area (Å²) in [4.78, 5) is 9.27. The molecule has 0 N–H and O–H groups in total. The molecule has 0 bridgehead atoms. The van der Waals surface area contributed by atoms with Gasteiger partial charge in [-0.1, -0.05) is 11.6 Å². The molecular weight excluding hydrogens is 99.5 g/mol. The van der Waals surface area contributed by atoms with E-state index < -0.39 is 0 Å². The normalized spacial score (nSPS) is 8.17. The lowest BCUT2D eigenvalue weighted by Crippen LogP contribution is -1.41. The van der Waals surface area contributed by atoms with Crippen molar-refractivity contribution >= 4 is 17.5 Å². The van der Waals surface area contributed by atoms with Crippen molar-refractivity contribution in [3.05, 3.63) is 17.7 Å². The highest BCUT2D eigenvalue weighted by atomic mass is 35.5. The van der Waals surface area contributed by atoms with Crippen LogP contribution in [0.5, 0.6) is 0 Å². The van der Waals surface area contributed by atoms with E-state index >= 15 is 0 Å². The average molecular weight is 103 g/mol. The van der Waals surface area contributed by atoms with E-state index in [9.17, 15) is 4.79 Å². The van der Waals surface area contributed by atoms with E-state index in [-0.39, 0.29) is 0 Å². The third-order valence-electron chi connectivity index (χ3n) is 0.237. The molecule has 0 atom stereocenters. The Hall–Kier alpha value is -0.520. The number of carbonyl (C=O) groups excluding carboxylic acids is 1. The van der Waals surface area contributed by atoms with Crippen LogP contribution in [0.4, 0.5) is 0 Å². The molecule has 32 valence electrons. The Morgan fingerprint density at radius 1 is 1.67 bits per heavy atom. The van der Waals surface area contributed by atoms with Crippen LogP contribution in [0.25, 0.3) is 0 Å². The van der Waals surface area contributed by atoms with Gasteiger partial charge in [0.1, 0.15) is 5.94 Å². The average Bonchev–Trinajstić information content (AvgIpc) is 1.61. The molecule has 0 saturated carbocycles. The second-order valence-electron chi connectivity index (χ2n) is 0.603. The largest absolute Gasteiger partial charge is 0.234 e. The first-order chi connectivity index (χ1) is 2.91. The van der Waals surface area contributed by atoms with Gasteiger partial charge in [0.05, 0.1) is 0 Å². The van der Waals surface area contributed by atoms with Crippen LogP contribution in [-0.4, -0.2) is 5.94 Å². The Labute approximate surface area is 40.9 Å². The van der Waals surface area contributed by atoms with Crippen molar-refractivity contribution < 1.29 is 4.79 Å². The Kier molecular flexibility index (Phi) is 4.09. The second kappa shape index (κ2) is 4.48. The summed E-state index contributed by atoms with van der Waals surface area (Å²) in [6, 6.07) is 0.